The monoisotopic (exact) mass is 503 g/mol. The highest BCUT2D eigenvalue weighted by Crippen LogP contribution is 2.36. The Bertz CT molecular complexity index is 1470. The van der Waals surface area contributed by atoms with Crippen LogP contribution >= 0.6 is 0 Å². The number of halogens is 3. The SMILES string of the molecule is COc1cc(Nc2nc3ccccc3nc2CS(=O)(=O)c2ccccc2C(F)(F)F)cc(OC)c1. The van der Waals surface area contributed by atoms with Crippen LogP contribution in [0.15, 0.2) is 71.6 Å². The van der Waals surface area contributed by atoms with Crippen LogP contribution in [0, 0.1) is 0 Å². The van der Waals surface area contributed by atoms with Gasteiger partial charge in [-0.05, 0) is 24.3 Å². The standard InChI is InChI=1S/C24H20F3N3O4S/c1-33-16-11-15(12-17(13-16)34-2)28-23-21(29-19-8-4-5-9-20(19)30-23)14-35(31,32)22-10-6-3-7-18(22)24(25,26)27/h3-13H,14H2,1-2H3,(H,28,30). The van der Waals surface area contributed by atoms with Crippen molar-refractivity contribution in [2.45, 2.75) is 16.8 Å². The zero-order chi connectivity index (χ0) is 25.2. The molecule has 0 unspecified atom stereocenters. The number of para-hydroxylation sites is 2. The molecule has 11 heteroatoms. The number of alkyl halides is 3. The molecule has 182 valence electrons. The van der Waals surface area contributed by atoms with Gasteiger partial charge >= 0.3 is 6.18 Å². The summed E-state index contributed by atoms with van der Waals surface area (Å²) in [5.74, 6) is 0.205. The van der Waals surface area contributed by atoms with Gasteiger partial charge in [-0.3, -0.25) is 0 Å². The molecule has 0 atom stereocenters. The van der Waals surface area contributed by atoms with E-state index in [9.17, 15) is 21.6 Å². The normalized spacial score (nSPS) is 11.9. The molecule has 0 fully saturated rings. The summed E-state index contributed by atoms with van der Waals surface area (Å²) in [5.41, 5.74) is 0.0562. The molecular formula is C24H20F3N3O4S. The van der Waals surface area contributed by atoms with Crippen LogP contribution in [0.4, 0.5) is 24.7 Å². The Kier molecular flexibility index (Phi) is 6.53. The van der Waals surface area contributed by atoms with Gasteiger partial charge in [0.25, 0.3) is 0 Å². The summed E-state index contributed by atoms with van der Waals surface area (Å²) >= 11 is 0. The minimum Gasteiger partial charge on any atom is -0.497 e. The van der Waals surface area contributed by atoms with E-state index in [0.29, 0.717) is 28.2 Å². The first-order chi connectivity index (χ1) is 16.6. The molecule has 0 aliphatic heterocycles. The quantitative estimate of drug-likeness (QED) is 0.362. The summed E-state index contributed by atoms with van der Waals surface area (Å²) in [4.78, 5) is 8.08. The van der Waals surface area contributed by atoms with E-state index in [2.05, 4.69) is 15.3 Å². The second-order valence-electron chi connectivity index (χ2n) is 7.49. The van der Waals surface area contributed by atoms with E-state index in [1.54, 1.807) is 42.5 Å². The first kappa shape index (κ1) is 24.3. The van der Waals surface area contributed by atoms with E-state index in [0.717, 1.165) is 18.2 Å². The molecule has 0 aliphatic rings. The van der Waals surface area contributed by atoms with Crippen molar-refractivity contribution in [3.63, 3.8) is 0 Å². The molecule has 0 saturated carbocycles. The summed E-state index contributed by atoms with van der Waals surface area (Å²) in [5, 5.41) is 3.01. The molecule has 1 heterocycles. The number of aromatic nitrogens is 2. The van der Waals surface area contributed by atoms with E-state index < -0.39 is 32.2 Å². The van der Waals surface area contributed by atoms with Crippen molar-refractivity contribution in [2.75, 3.05) is 19.5 Å². The van der Waals surface area contributed by atoms with Gasteiger partial charge < -0.3 is 14.8 Å². The number of anilines is 2. The van der Waals surface area contributed by atoms with Gasteiger partial charge in [0.05, 0.1) is 41.4 Å². The van der Waals surface area contributed by atoms with Gasteiger partial charge in [0, 0.05) is 23.9 Å². The fourth-order valence-corrected chi connectivity index (χ4v) is 5.00. The fraction of sp³-hybridized carbons (Fsp3) is 0.167. The topological polar surface area (TPSA) is 90.4 Å². The fourth-order valence-electron chi connectivity index (χ4n) is 3.48. The van der Waals surface area contributed by atoms with E-state index >= 15 is 0 Å². The van der Waals surface area contributed by atoms with E-state index in [1.807, 2.05) is 0 Å². The van der Waals surface area contributed by atoms with Crippen LogP contribution in [0.2, 0.25) is 0 Å². The van der Waals surface area contributed by atoms with Crippen LogP contribution in [0.3, 0.4) is 0 Å². The third kappa shape index (κ3) is 5.29. The number of methoxy groups -OCH3 is 2. The maximum atomic E-state index is 13.5. The molecule has 1 aromatic heterocycles. The van der Waals surface area contributed by atoms with E-state index in [4.69, 9.17) is 9.47 Å². The minimum atomic E-state index is -4.84. The third-order valence-electron chi connectivity index (χ3n) is 5.11. The number of benzene rings is 3. The van der Waals surface area contributed by atoms with E-state index in [1.165, 1.54) is 20.3 Å². The largest absolute Gasteiger partial charge is 0.497 e. The van der Waals surface area contributed by atoms with Crippen molar-refractivity contribution in [1.29, 1.82) is 0 Å². The number of nitrogens with one attached hydrogen (secondary N) is 1. The number of fused-ring (bicyclic) bond motifs is 1. The molecule has 0 saturated heterocycles. The Balaban J connectivity index is 1.82. The lowest BCUT2D eigenvalue weighted by Crippen LogP contribution is -2.16. The summed E-state index contributed by atoms with van der Waals surface area (Å²) in [7, 11) is -1.49. The Morgan fingerprint density at radius 1 is 0.857 bits per heavy atom. The van der Waals surface area contributed by atoms with Gasteiger partial charge in [0.2, 0.25) is 0 Å². The Morgan fingerprint density at radius 2 is 1.43 bits per heavy atom. The number of nitrogens with zero attached hydrogens (tertiary/aromatic N) is 2. The molecule has 1 N–H and O–H groups in total. The van der Waals surface area contributed by atoms with Crippen LogP contribution in [-0.2, 0) is 21.8 Å². The number of rotatable bonds is 7. The van der Waals surface area contributed by atoms with Crippen LogP contribution in [0.25, 0.3) is 11.0 Å². The Morgan fingerprint density at radius 3 is 2.03 bits per heavy atom. The maximum absolute atomic E-state index is 13.5. The molecule has 35 heavy (non-hydrogen) atoms. The molecule has 0 spiro atoms. The Labute approximate surface area is 199 Å². The predicted octanol–water partition coefficient (Wildman–Crippen LogP) is 5.38. The molecular weight excluding hydrogens is 483 g/mol. The zero-order valence-electron chi connectivity index (χ0n) is 18.6. The molecule has 0 amide bonds. The summed E-state index contributed by atoms with van der Waals surface area (Å²) in [6.45, 7) is 0. The number of hydrogen-bond acceptors (Lipinski definition) is 7. The van der Waals surface area contributed by atoms with Crippen molar-refractivity contribution in [2.24, 2.45) is 0 Å². The molecule has 0 radical (unpaired) electrons. The average Bonchev–Trinajstić information content (AvgIpc) is 2.83. The zero-order valence-corrected chi connectivity index (χ0v) is 19.4. The summed E-state index contributed by atoms with van der Waals surface area (Å²) in [6.07, 6.45) is -4.84. The first-order valence-corrected chi connectivity index (χ1v) is 11.9. The summed E-state index contributed by atoms with van der Waals surface area (Å²) in [6, 6.07) is 15.8. The highest BCUT2D eigenvalue weighted by atomic mass is 32.2. The number of hydrogen-bond donors (Lipinski definition) is 1. The highest BCUT2D eigenvalue weighted by Gasteiger charge is 2.37. The minimum absolute atomic E-state index is 0.0394. The predicted molar refractivity (Wildman–Crippen MR) is 125 cm³/mol. The van der Waals surface area contributed by atoms with Crippen LogP contribution < -0.4 is 14.8 Å². The molecule has 7 nitrogen and oxygen atoms in total. The van der Waals surface area contributed by atoms with Crippen molar-refractivity contribution in [1.82, 2.24) is 9.97 Å². The average molecular weight is 504 g/mol. The van der Waals surface area contributed by atoms with Crippen molar-refractivity contribution < 1.29 is 31.1 Å². The summed E-state index contributed by atoms with van der Waals surface area (Å²) < 4.78 is 77.4. The van der Waals surface area contributed by atoms with Gasteiger partial charge in [-0.15, -0.1) is 0 Å². The molecule has 4 aromatic rings. The van der Waals surface area contributed by atoms with Crippen molar-refractivity contribution >= 4 is 32.4 Å². The number of sulfone groups is 1. The molecule has 0 aliphatic carbocycles. The maximum Gasteiger partial charge on any atom is 0.417 e. The number of ether oxygens (including phenoxy) is 2. The smallest absolute Gasteiger partial charge is 0.417 e. The molecule has 0 bridgehead atoms. The molecule has 4 rings (SSSR count). The van der Waals surface area contributed by atoms with E-state index in [-0.39, 0.29) is 11.5 Å². The van der Waals surface area contributed by atoms with Gasteiger partial charge in [0.15, 0.2) is 15.7 Å². The second kappa shape index (κ2) is 9.41. The van der Waals surface area contributed by atoms with Crippen LogP contribution in [0.5, 0.6) is 11.5 Å². The van der Waals surface area contributed by atoms with Crippen molar-refractivity contribution in [3.05, 3.63) is 78.0 Å². The van der Waals surface area contributed by atoms with Gasteiger partial charge in [-0.25, -0.2) is 18.4 Å². The highest BCUT2D eigenvalue weighted by molar-refractivity contribution is 7.90. The van der Waals surface area contributed by atoms with Gasteiger partial charge in [-0.2, -0.15) is 13.2 Å². The third-order valence-corrected chi connectivity index (χ3v) is 6.79. The first-order valence-electron chi connectivity index (χ1n) is 10.3. The van der Waals surface area contributed by atoms with Gasteiger partial charge in [0.1, 0.15) is 17.3 Å². The lowest BCUT2D eigenvalue weighted by molar-refractivity contribution is -0.139. The van der Waals surface area contributed by atoms with Crippen molar-refractivity contribution in [3.8, 4) is 11.5 Å². The van der Waals surface area contributed by atoms with Crippen LogP contribution in [-0.4, -0.2) is 32.6 Å². The Hall–Kier alpha value is -3.86. The molecule has 3 aromatic carbocycles. The van der Waals surface area contributed by atoms with Gasteiger partial charge in [-0.1, -0.05) is 24.3 Å². The van der Waals surface area contributed by atoms with Crippen LogP contribution in [0.1, 0.15) is 11.3 Å². The lowest BCUT2D eigenvalue weighted by Gasteiger charge is -2.16. The lowest BCUT2D eigenvalue weighted by atomic mass is 10.2. The second-order valence-corrected chi connectivity index (χ2v) is 9.44.